The van der Waals surface area contributed by atoms with Crippen molar-refractivity contribution in [1.82, 2.24) is 14.9 Å². The highest BCUT2D eigenvalue weighted by molar-refractivity contribution is 7.88. The molecule has 2 N–H and O–H groups in total. The van der Waals surface area contributed by atoms with E-state index in [1.54, 1.807) is 0 Å². The van der Waals surface area contributed by atoms with Crippen LogP contribution in [0.3, 0.4) is 0 Å². The maximum absolute atomic E-state index is 12.5. The van der Waals surface area contributed by atoms with E-state index in [1.165, 1.54) is 0 Å². The van der Waals surface area contributed by atoms with E-state index < -0.39 is 10.0 Å². The zero-order chi connectivity index (χ0) is 16.9. The van der Waals surface area contributed by atoms with E-state index in [4.69, 9.17) is 4.74 Å². The molecule has 8 heteroatoms. The van der Waals surface area contributed by atoms with Gasteiger partial charge in [0.15, 0.2) is 0 Å². The Balaban J connectivity index is 2.56. The number of amides is 1. The topological polar surface area (TPSA) is 87.7 Å². The SMILES string of the molecule is CC(C)[C@@H](C(=O)NCCNS(C)(=O)=O)N1C[C@@H](C)O[C@@H](C)C1. The molecule has 1 saturated heterocycles. The van der Waals surface area contributed by atoms with Gasteiger partial charge >= 0.3 is 0 Å². The number of carbonyl (C=O) groups excluding carboxylic acids is 1. The zero-order valence-corrected chi connectivity index (χ0v) is 14.9. The molecular formula is C14H29N3O4S. The van der Waals surface area contributed by atoms with Crippen LogP contribution in [0.1, 0.15) is 27.7 Å². The van der Waals surface area contributed by atoms with Crippen molar-refractivity contribution in [2.45, 2.75) is 45.9 Å². The van der Waals surface area contributed by atoms with Gasteiger partial charge in [0.25, 0.3) is 0 Å². The van der Waals surface area contributed by atoms with E-state index in [9.17, 15) is 13.2 Å². The van der Waals surface area contributed by atoms with Crippen LogP contribution < -0.4 is 10.0 Å². The second-order valence-electron chi connectivity index (χ2n) is 6.36. The Labute approximate surface area is 133 Å². The van der Waals surface area contributed by atoms with Crippen molar-refractivity contribution in [3.63, 3.8) is 0 Å². The predicted molar refractivity (Wildman–Crippen MR) is 86.1 cm³/mol. The molecule has 0 bridgehead atoms. The minimum atomic E-state index is -3.22. The summed E-state index contributed by atoms with van der Waals surface area (Å²) in [6, 6.07) is -0.230. The van der Waals surface area contributed by atoms with Gasteiger partial charge in [0.2, 0.25) is 15.9 Å². The summed E-state index contributed by atoms with van der Waals surface area (Å²) < 4.78 is 30.1. The highest BCUT2D eigenvalue weighted by Crippen LogP contribution is 2.18. The normalized spacial score (nSPS) is 25.2. The molecule has 0 spiro atoms. The first-order chi connectivity index (χ1) is 10.1. The van der Waals surface area contributed by atoms with Gasteiger partial charge in [-0.2, -0.15) is 0 Å². The second kappa shape index (κ2) is 8.24. The summed E-state index contributed by atoms with van der Waals surface area (Å²) in [6.45, 7) is 9.98. The van der Waals surface area contributed by atoms with Crippen molar-refractivity contribution >= 4 is 15.9 Å². The molecule has 0 aromatic rings. The van der Waals surface area contributed by atoms with Gasteiger partial charge < -0.3 is 10.1 Å². The summed E-state index contributed by atoms with van der Waals surface area (Å²) in [7, 11) is -3.22. The van der Waals surface area contributed by atoms with Gasteiger partial charge in [0.05, 0.1) is 24.5 Å². The summed E-state index contributed by atoms with van der Waals surface area (Å²) in [5.41, 5.74) is 0. The first-order valence-corrected chi connectivity index (χ1v) is 9.61. The lowest BCUT2D eigenvalue weighted by Gasteiger charge is -2.41. The molecule has 0 saturated carbocycles. The van der Waals surface area contributed by atoms with E-state index in [0.29, 0.717) is 0 Å². The molecule has 0 aromatic carbocycles. The highest BCUT2D eigenvalue weighted by atomic mass is 32.2. The fourth-order valence-corrected chi connectivity index (χ4v) is 3.33. The number of rotatable bonds is 7. The Bertz CT molecular complexity index is 457. The van der Waals surface area contributed by atoms with Gasteiger partial charge in [-0.1, -0.05) is 13.8 Å². The fourth-order valence-electron chi connectivity index (χ4n) is 2.86. The van der Waals surface area contributed by atoms with Crippen molar-refractivity contribution in [3.05, 3.63) is 0 Å². The van der Waals surface area contributed by atoms with E-state index in [-0.39, 0.29) is 43.2 Å². The number of hydrogen-bond donors (Lipinski definition) is 2. The van der Waals surface area contributed by atoms with Crippen molar-refractivity contribution in [1.29, 1.82) is 0 Å². The number of sulfonamides is 1. The molecule has 1 heterocycles. The zero-order valence-electron chi connectivity index (χ0n) is 14.1. The van der Waals surface area contributed by atoms with Crippen LogP contribution in [0.25, 0.3) is 0 Å². The van der Waals surface area contributed by atoms with Gasteiger partial charge in [-0.25, -0.2) is 13.1 Å². The van der Waals surface area contributed by atoms with E-state index in [0.717, 1.165) is 19.3 Å². The molecule has 1 aliphatic rings. The molecule has 0 aliphatic carbocycles. The molecule has 3 atom stereocenters. The van der Waals surface area contributed by atoms with E-state index in [2.05, 4.69) is 14.9 Å². The minimum absolute atomic E-state index is 0.0633. The highest BCUT2D eigenvalue weighted by Gasteiger charge is 2.33. The molecule has 7 nitrogen and oxygen atoms in total. The lowest BCUT2D eigenvalue weighted by molar-refractivity contribution is -0.135. The predicted octanol–water partition coefficient (Wildman–Crippen LogP) is -0.214. The van der Waals surface area contributed by atoms with Crippen molar-refractivity contribution in [2.24, 2.45) is 5.92 Å². The lowest BCUT2D eigenvalue weighted by Crippen LogP contribution is -2.57. The Kier molecular flexibility index (Phi) is 7.24. The second-order valence-corrected chi connectivity index (χ2v) is 8.19. The third-order valence-corrected chi connectivity index (χ3v) is 4.26. The largest absolute Gasteiger partial charge is 0.373 e. The first kappa shape index (κ1) is 19.3. The Morgan fingerprint density at radius 3 is 2.23 bits per heavy atom. The molecule has 22 heavy (non-hydrogen) atoms. The van der Waals surface area contributed by atoms with Crippen LogP contribution in [0.2, 0.25) is 0 Å². The van der Waals surface area contributed by atoms with Crippen LogP contribution in [-0.4, -0.2) is 69.9 Å². The molecule has 1 amide bonds. The molecule has 130 valence electrons. The van der Waals surface area contributed by atoms with E-state index in [1.807, 2.05) is 27.7 Å². The standard InChI is InChI=1S/C14H29N3O4S/c1-10(2)13(17-8-11(3)21-12(4)9-17)14(18)15-6-7-16-22(5,19)20/h10-13,16H,6-9H2,1-5H3,(H,15,18)/t11-,12+,13-/m0/s1. The van der Waals surface area contributed by atoms with Crippen molar-refractivity contribution < 1.29 is 17.9 Å². The smallest absolute Gasteiger partial charge is 0.237 e. The number of nitrogens with zero attached hydrogens (tertiary/aromatic N) is 1. The number of nitrogens with one attached hydrogen (secondary N) is 2. The van der Waals surface area contributed by atoms with Gasteiger partial charge in [0, 0.05) is 26.2 Å². The Morgan fingerprint density at radius 2 is 1.77 bits per heavy atom. The molecule has 1 aliphatic heterocycles. The molecule has 1 rings (SSSR count). The summed E-state index contributed by atoms with van der Waals surface area (Å²) in [4.78, 5) is 14.6. The van der Waals surface area contributed by atoms with E-state index >= 15 is 0 Å². The van der Waals surface area contributed by atoms with Crippen LogP contribution >= 0.6 is 0 Å². The Morgan fingerprint density at radius 1 is 1.23 bits per heavy atom. The summed E-state index contributed by atoms with van der Waals surface area (Å²) in [6.07, 6.45) is 1.30. The molecule has 0 aromatic heterocycles. The summed E-state index contributed by atoms with van der Waals surface area (Å²) in [5, 5.41) is 2.82. The van der Waals surface area contributed by atoms with Crippen LogP contribution in [0.15, 0.2) is 0 Å². The maximum atomic E-state index is 12.5. The molecule has 1 fully saturated rings. The van der Waals surface area contributed by atoms with Crippen LogP contribution in [0.5, 0.6) is 0 Å². The quantitative estimate of drug-likeness (QED) is 0.629. The third kappa shape index (κ3) is 6.60. The average Bonchev–Trinajstić information content (AvgIpc) is 2.32. The van der Waals surface area contributed by atoms with Crippen molar-refractivity contribution in [3.8, 4) is 0 Å². The Hall–Kier alpha value is -0.700. The molecule has 0 unspecified atom stereocenters. The minimum Gasteiger partial charge on any atom is -0.373 e. The first-order valence-electron chi connectivity index (χ1n) is 7.72. The van der Waals surface area contributed by atoms with Gasteiger partial charge in [-0.15, -0.1) is 0 Å². The lowest BCUT2D eigenvalue weighted by atomic mass is 9.99. The van der Waals surface area contributed by atoms with Crippen LogP contribution in [-0.2, 0) is 19.6 Å². The number of ether oxygens (including phenoxy) is 1. The summed E-state index contributed by atoms with van der Waals surface area (Å²) in [5.74, 6) is 0.104. The number of morpholine rings is 1. The summed E-state index contributed by atoms with van der Waals surface area (Å²) >= 11 is 0. The number of carbonyl (C=O) groups is 1. The maximum Gasteiger partial charge on any atom is 0.237 e. The van der Waals surface area contributed by atoms with Crippen molar-refractivity contribution in [2.75, 3.05) is 32.4 Å². The fraction of sp³-hybridized carbons (Fsp3) is 0.929. The van der Waals surface area contributed by atoms with Crippen LogP contribution in [0.4, 0.5) is 0 Å². The van der Waals surface area contributed by atoms with Gasteiger partial charge in [0.1, 0.15) is 0 Å². The molecular weight excluding hydrogens is 306 g/mol. The van der Waals surface area contributed by atoms with Crippen LogP contribution in [0, 0.1) is 5.92 Å². The number of hydrogen-bond acceptors (Lipinski definition) is 5. The van der Waals surface area contributed by atoms with Gasteiger partial charge in [-0.3, -0.25) is 9.69 Å². The van der Waals surface area contributed by atoms with Gasteiger partial charge in [-0.05, 0) is 19.8 Å². The monoisotopic (exact) mass is 335 g/mol. The average molecular weight is 335 g/mol. The molecule has 0 radical (unpaired) electrons. The third-order valence-electron chi connectivity index (χ3n) is 3.53.